The van der Waals surface area contributed by atoms with Gasteiger partial charge in [0.05, 0.1) is 0 Å². The maximum Gasteiger partial charge on any atom is 0.407 e. The summed E-state index contributed by atoms with van der Waals surface area (Å²) in [6.45, 7) is 0.750. The van der Waals surface area contributed by atoms with E-state index in [1.807, 2.05) is 48.5 Å². The quantitative estimate of drug-likeness (QED) is 0.171. The summed E-state index contributed by atoms with van der Waals surface area (Å²) in [6, 6.07) is 35.5. The highest BCUT2D eigenvalue weighted by Gasteiger charge is 2.28. The summed E-state index contributed by atoms with van der Waals surface area (Å²) in [4.78, 5) is 12.4. The van der Waals surface area contributed by atoms with Crippen molar-refractivity contribution in [1.29, 1.82) is 0 Å². The Balaban J connectivity index is 1.10. The van der Waals surface area contributed by atoms with Crippen LogP contribution in [0.2, 0.25) is 0 Å². The molecule has 0 radical (unpaired) electrons. The molecule has 0 bridgehead atoms. The molecule has 0 fully saturated rings. The van der Waals surface area contributed by atoms with Gasteiger partial charge in [-0.3, -0.25) is 0 Å². The molecule has 36 heavy (non-hydrogen) atoms. The van der Waals surface area contributed by atoms with Gasteiger partial charge in [0.2, 0.25) is 0 Å². The number of carbonyl (C=O) groups is 1. The SMILES string of the molecule is O=C(NCCC#Cc1c2ccccc2cc2ccccc12)OCC1c2ccccc2-c2ccccc21. The molecule has 0 heterocycles. The van der Waals surface area contributed by atoms with Crippen molar-refractivity contribution in [2.45, 2.75) is 12.3 Å². The van der Waals surface area contributed by atoms with Crippen molar-refractivity contribution in [3.63, 3.8) is 0 Å². The number of nitrogens with one attached hydrogen (secondary N) is 1. The Kier molecular flexibility index (Phi) is 5.85. The molecule has 0 unspecified atom stereocenters. The molecule has 0 aliphatic heterocycles. The lowest BCUT2D eigenvalue weighted by molar-refractivity contribution is 0.143. The van der Waals surface area contributed by atoms with Crippen molar-refractivity contribution in [1.82, 2.24) is 5.32 Å². The van der Waals surface area contributed by atoms with Gasteiger partial charge in [0.25, 0.3) is 0 Å². The van der Waals surface area contributed by atoms with Crippen LogP contribution in [0, 0.1) is 11.8 Å². The van der Waals surface area contributed by atoms with Crippen LogP contribution in [0.3, 0.4) is 0 Å². The fourth-order valence-electron chi connectivity index (χ4n) is 5.18. The van der Waals surface area contributed by atoms with E-state index in [-0.39, 0.29) is 5.92 Å². The van der Waals surface area contributed by atoms with E-state index in [1.165, 1.54) is 33.0 Å². The molecule has 1 N–H and O–H groups in total. The fraction of sp³-hybridized carbons (Fsp3) is 0.121. The number of alkyl carbamates (subject to hydrolysis) is 1. The van der Waals surface area contributed by atoms with E-state index < -0.39 is 6.09 Å². The van der Waals surface area contributed by atoms with Crippen molar-refractivity contribution >= 4 is 27.6 Å². The molecule has 0 saturated heterocycles. The maximum atomic E-state index is 12.4. The molecular weight excluding hydrogens is 442 g/mol. The molecule has 1 aliphatic rings. The van der Waals surface area contributed by atoms with Crippen LogP contribution in [0.15, 0.2) is 103 Å². The van der Waals surface area contributed by atoms with Crippen LogP contribution in [0.1, 0.15) is 29.0 Å². The van der Waals surface area contributed by atoms with Gasteiger partial charge in [-0.15, -0.1) is 0 Å². The van der Waals surface area contributed by atoms with Crippen molar-refractivity contribution < 1.29 is 9.53 Å². The van der Waals surface area contributed by atoms with E-state index in [0.717, 1.165) is 16.3 Å². The van der Waals surface area contributed by atoms with E-state index in [9.17, 15) is 4.79 Å². The van der Waals surface area contributed by atoms with E-state index in [0.29, 0.717) is 19.6 Å². The second-order valence-electron chi connectivity index (χ2n) is 9.00. The molecule has 5 aromatic carbocycles. The third-order valence-electron chi connectivity index (χ3n) is 6.85. The molecule has 6 rings (SSSR count). The monoisotopic (exact) mass is 467 g/mol. The number of amides is 1. The third-order valence-corrected chi connectivity index (χ3v) is 6.85. The maximum absolute atomic E-state index is 12.4. The molecule has 174 valence electrons. The Labute approximate surface area is 210 Å². The third kappa shape index (κ3) is 4.08. The van der Waals surface area contributed by atoms with Gasteiger partial charge in [0, 0.05) is 24.4 Å². The Morgan fingerprint density at radius 1 is 0.750 bits per heavy atom. The van der Waals surface area contributed by atoms with E-state index >= 15 is 0 Å². The van der Waals surface area contributed by atoms with Crippen molar-refractivity contribution in [2.75, 3.05) is 13.2 Å². The van der Waals surface area contributed by atoms with E-state index in [2.05, 4.69) is 71.8 Å². The van der Waals surface area contributed by atoms with Crippen molar-refractivity contribution in [3.05, 3.63) is 120 Å². The van der Waals surface area contributed by atoms with Crippen LogP contribution in [0.5, 0.6) is 0 Å². The number of fused-ring (bicyclic) bond motifs is 5. The van der Waals surface area contributed by atoms with Gasteiger partial charge in [-0.25, -0.2) is 4.79 Å². The number of rotatable bonds is 4. The van der Waals surface area contributed by atoms with Crippen LogP contribution in [0.25, 0.3) is 32.7 Å². The average molecular weight is 468 g/mol. The predicted octanol–water partition coefficient (Wildman–Crippen LogP) is 7.27. The van der Waals surface area contributed by atoms with Crippen molar-refractivity contribution in [3.8, 4) is 23.0 Å². The van der Waals surface area contributed by atoms with Crippen LogP contribution < -0.4 is 5.32 Å². The number of ether oxygens (including phenoxy) is 1. The van der Waals surface area contributed by atoms with Gasteiger partial charge in [0.15, 0.2) is 0 Å². The summed E-state index contributed by atoms with van der Waals surface area (Å²) in [5.74, 6) is 6.66. The average Bonchev–Trinajstić information content (AvgIpc) is 3.25. The lowest BCUT2D eigenvalue weighted by Crippen LogP contribution is -2.26. The van der Waals surface area contributed by atoms with Gasteiger partial charge < -0.3 is 10.1 Å². The highest BCUT2D eigenvalue weighted by molar-refractivity contribution is 6.04. The van der Waals surface area contributed by atoms with Gasteiger partial charge in [0.1, 0.15) is 6.61 Å². The minimum absolute atomic E-state index is 0.0579. The zero-order valence-electron chi connectivity index (χ0n) is 19.8. The Hall–Kier alpha value is -4.55. The summed E-state index contributed by atoms with van der Waals surface area (Å²) in [7, 11) is 0. The van der Waals surface area contributed by atoms with Crippen LogP contribution >= 0.6 is 0 Å². The van der Waals surface area contributed by atoms with Crippen LogP contribution in [-0.2, 0) is 4.74 Å². The number of hydrogen-bond acceptors (Lipinski definition) is 2. The lowest BCUT2D eigenvalue weighted by Gasteiger charge is -2.14. The molecule has 3 heteroatoms. The highest BCUT2D eigenvalue weighted by Crippen LogP contribution is 2.44. The zero-order valence-corrected chi connectivity index (χ0v) is 19.8. The molecule has 1 amide bonds. The number of hydrogen-bond donors (Lipinski definition) is 1. The Bertz CT molecular complexity index is 1560. The molecular formula is C33H25NO2. The van der Waals surface area contributed by atoms with E-state index in [4.69, 9.17) is 4.74 Å². The standard InChI is InChI=1S/C33H25NO2/c35-33(36-22-32-30-17-7-5-15-28(30)29-16-6-8-18-31(29)32)34-20-10-9-19-27-25-13-3-1-11-23(25)21-24-12-2-4-14-26(24)27/h1-8,11-18,21,32H,10,20,22H2,(H,34,35). The molecule has 0 saturated carbocycles. The minimum atomic E-state index is -0.408. The molecule has 1 aliphatic carbocycles. The molecule has 5 aromatic rings. The van der Waals surface area contributed by atoms with Gasteiger partial charge in [-0.1, -0.05) is 109 Å². The molecule has 0 atom stereocenters. The second-order valence-corrected chi connectivity index (χ2v) is 9.00. The molecule has 0 spiro atoms. The lowest BCUT2D eigenvalue weighted by atomic mass is 9.97. The Morgan fingerprint density at radius 2 is 1.31 bits per heavy atom. The topological polar surface area (TPSA) is 38.3 Å². The van der Waals surface area contributed by atoms with Gasteiger partial charge in [-0.2, -0.15) is 0 Å². The second kappa shape index (κ2) is 9.60. The smallest absolute Gasteiger partial charge is 0.407 e. The highest BCUT2D eigenvalue weighted by atomic mass is 16.5. The fourth-order valence-corrected chi connectivity index (χ4v) is 5.18. The minimum Gasteiger partial charge on any atom is -0.449 e. The summed E-state index contributed by atoms with van der Waals surface area (Å²) >= 11 is 0. The zero-order chi connectivity index (χ0) is 24.3. The Morgan fingerprint density at radius 3 is 1.94 bits per heavy atom. The van der Waals surface area contributed by atoms with Crippen molar-refractivity contribution in [2.24, 2.45) is 0 Å². The largest absolute Gasteiger partial charge is 0.449 e. The van der Waals surface area contributed by atoms with Crippen LogP contribution in [0.4, 0.5) is 4.79 Å². The first-order valence-electron chi connectivity index (χ1n) is 12.3. The number of carbonyl (C=O) groups excluding carboxylic acids is 1. The summed E-state index contributed by atoms with van der Waals surface area (Å²) in [5, 5.41) is 7.50. The summed E-state index contributed by atoms with van der Waals surface area (Å²) < 4.78 is 5.62. The summed E-state index contributed by atoms with van der Waals surface area (Å²) in [5.41, 5.74) is 5.89. The van der Waals surface area contributed by atoms with Crippen LogP contribution in [-0.4, -0.2) is 19.2 Å². The number of benzene rings is 5. The molecule has 3 nitrogen and oxygen atoms in total. The van der Waals surface area contributed by atoms with E-state index in [1.54, 1.807) is 0 Å². The predicted molar refractivity (Wildman–Crippen MR) is 146 cm³/mol. The van der Waals surface area contributed by atoms with Gasteiger partial charge in [-0.05, 0) is 49.9 Å². The normalized spacial score (nSPS) is 12.0. The first-order valence-corrected chi connectivity index (χ1v) is 12.3. The first kappa shape index (κ1) is 21.9. The summed E-state index contributed by atoms with van der Waals surface area (Å²) in [6.07, 6.45) is 0.135. The molecule has 0 aromatic heterocycles. The first-order chi connectivity index (χ1) is 17.8. The van der Waals surface area contributed by atoms with Gasteiger partial charge >= 0.3 is 6.09 Å².